The summed E-state index contributed by atoms with van der Waals surface area (Å²) in [6.07, 6.45) is 2.71. The van der Waals surface area contributed by atoms with E-state index in [0.29, 0.717) is 39.0 Å². The molecule has 1 aliphatic rings. The number of hydrogen-bond acceptors (Lipinski definition) is 5. The van der Waals surface area contributed by atoms with Crippen molar-refractivity contribution in [1.82, 2.24) is 9.21 Å². The Kier molecular flexibility index (Phi) is 7.57. The number of piperidine rings is 1. The zero-order chi connectivity index (χ0) is 22.4. The van der Waals surface area contributed by atoms with E-state index in [2.05, 4.69) is 0 Å². The maximum atomic E-state index is 13.4. The predicted molar refractivity (Wildman–Crippen MR) is 132 cm³/mol. The van der Waals surface area contributed by atoms with Gasteiger partial charge in [0.25, 0.3) is 0 Å². The molecule has 1 aromatic carbocycles. The zero-order valence-corrected chi connectivity index (χ0v) is 20.1. The number of carbonyl (C=O) groups is 1. The smallest absolute Gasteiger partial charge is 0.236 e. The summed E-state index contributed by atoms with van der Waals surface area (Å²) >= 11 is 3.30. The van der Waals surface area contributed by atoms with E-state index in [1.54, 1.807) is 28.7 Å². The molecule has 0 aliphatic carbocycles. The third kappa shape index (κ3) is 5.95. The van der Waals surface area contributed by atoms with Gasteiger partial charge in [-0.05, 0) is 47.4 Å². The molecule has 0 radical (unpaired) electrons. The third-order valence-corrected chi connectivity index (χ3v) is 8.85. The molecule has 1 saturated heterocycles. The van der Waals surface area contributed by atoms with Gasteiger partial charge in [-0.1, -0.05) is 42.5 Å². The fourth-order valence-corrected chi connectivity index (χ4v) is 6.48. The Hall–Kier alpha value is -2.26. The van der Waals surface area contributed by atoms with Crippen LogP contribution < -0.4 is 0 Å². The highest BCUT2D eigenvalue weighted by Crippen LogP contribution is 2.26. The molecule has 3 heterocycles. The van der Waals surface area contributed by atoms with E-state index in [-0.39, 0.29) is 11.8 Å². The van der Waals surface area contributed by atoms with Crippen LogP contribution in [0.1, 0.15) is 28.2 Å². The Morgan fingerprint density at radius 1 is 0.938 bits per heavy atom. The van der Waals surface area contributed by atoms with E-state index in [0.717, 1.165) is 15.3 Å². The molecule has 168 valence electrons. The second-order valence-electron chi connectivity index (χ2n) is 7.78. The standard InChI is InChI=1S/C24H26N2O3S3/c27-24(25(18-22-8-4-15-30-22)19-23-9-5-16-31-23)21-10-13-26(14-11-21)32(28,29)17-12-20-6-2-1-3-7-20/h1-9,12,15-17,21H,10-11,13-14,18-19H2/b17-12+. The molecule has 0 atom stereocenters. The van der Waals surface area contributed by atoms with Gasteiger partial charge in [-0.25, -0.2) is 8.42 Å². The van der Waals surface area contributed by atoms with Crippen LogP contribution >= 0.6 is 22.7 Å². The molecule has 1 fully saturated rings. The molecule has 0 spiro atoms. The number of hydrogen-bond donors (Lipinski definition) is 0. The van der Waals surface area contributed by atoms with E-state index in [9.17, 15) is 13.2 Å². The van der Waals surface area contributed by atoms with Gasteiger partial charge in [-0.2, -0.15) is 4.31 Å². The Labute approximate surface area is 197 Å². The number of amides is 1. The highest BCUT2D eigenvalue weighted by atomic mass is 32.2. The van der Waals surface area contributed by atoms with Crippen molar-refractivity contribution in [1.29, 1.82) is 0 Å². The van der Waals surface area contributed by atoms with E-state index in [1.807, 2.05) is 70.3 Å². The van der Waals surface area contributed by atoms with Crippen LogP contribution in [0.25, 0.3) is 6.08 Å². The molecular weight excluding hydrogens is 460 g/mol. The van der Waals surface area contributed by atoms with Crippen LogP contribution in [0.5, 0.6) is 0 Å². The van der Waals surface area contributed by atoms with Crippen LogP contribution in [0.4, 0.5) is 0 Å². The van der Waals surface area contributed by atoms with Gasteiger partial charge >= 0.3 is 0 Å². The molecule has 3 aromatic rings. The predicted octanol–water partition coefficient (Wildman–Crippen LogP) is 5.05. The zero-order valence-electron chi connectivity index (χ0n) is 17.7. The number of nitrogens with zero attached hydrogens (tertiary/aromatic N) is 2. The van der Waals surface area contributed by atoms with Crippen molar-refractivity contribution in [3.05, 3.63) is 86.1 Å². The lowest BCUT2D eigenvalue weighted by molar-refractivity contribution is -0.138. The number of rotatable bonds is 8. The molecule has 0 bridgehead atoms. The minimum Gasteiger partial charge on any atom is -0.332 e. The van der Waals surface area contributed by atoms with Crippen LogP contribution in [-0.4, -0.2) is 36.6 Å². The van der Waals surface area contributed by atoms with Crippen LogP contribution in [0, 0.1) is 5.92 Å². The lowest BCUT2D eigenvalue weighted by Crippen LogP contribution is -2.43. The largest absolute Gasteiger partial charge is 0.332 e. The first-order chi connectivity index (χ1) is 15.5. The lowest BCUT2D eigenvalue weighted by atomic mass is 9.96. The first-order valence-electron chi connectivity index (χ1n) is 10.6. The molecule has 1 aliphatic heterocycles. The van der Waals surface area contributed by atoms with E-state index >= 15 is 0 Å². The Morgan fingerprint density at radius 2 is 1.53 bits per heavy atom. The summed E-state index contributed by atoms with van der Waals surface area (Å²) in [5, 5.41) is 5.31. The van der Waals surface area contributed by atoms with Crippen molar-refractivity contribution in [2.45, 2.75) is 25.9 Å². The first kappa shape index (κ1) is 22.9. The molecule has 0 unspecified atom stereocenters. The molecule has 0 N–H and O–H groups in total. The molecule has 2 aromatic heterocycles. The summed E-state index contributed by atoms with van der Waals surface area (Å²) in [6.45, 7) is 1.91. The molecular formula is C24H26N2O3S3. The number of carbonyl (C=O) groups excluding carboxylic acids is 1. The van der Waals surface area contributed by atoms with Crippen molar-refractivity contribution < 1.29 is 13.2 Å². The summed E-state index contributed by atoms with van der Waals surface area (Å²) in [7, 11) is -3.50. The average molecular weight is 487 g/mol. The Bertz CT molecular complexity index is 1080. The summed E-state index contributed by atoms with van der Waals surface area (Å²) in [6, 6.07) is 17.5. The SMILES string of the molecule is O=C(C1CCN(S(=O)(=O)/C=C/c2ccccc2)CC1)N(Cc1cccs1)Cc1cccs1. The first-order valence-corrected chi connectivity index (χ1v) is 13.8. The quantitative estimate of drug-likeness (QED) is 0.448. The summed E-state index contributed by atoms with van der Waals surface area (Å²) in [4.78, 5) is 17.6. The molecule has 8 heteroatoms. The Balaban J connectivity index is 1.39. The highest BCUT2D eigenvalue weighted by Gasteiger charge is 2.32. The second-order valence-corrected chi connectivity index (χ2v) is 11.7. The highest BCUT2D eigenvalue weighted by molar-refractivity contribution is 7.92. The maximum Gasteiger partial charge on any atom is 0.236 e. The van der Waals surface area contributed by atoms with Gasteiger partial charge in [-0.3, -0.25) is 4.79 Å². The lowest BCUT2D eigenvalue weighted by Gasteiger charge is -2.33. The van der Waals surface area contributed by atoms with Gasteiger partial charge < -0.3 is 4.90 Å². The molecule has 4 rings (SSSR count). The normalized spacial score (nSPS) is 15.9. The minimum absolute atomic E-state index is 0.115. The summed E-state index contributed by atoms with van der Waals surface area (Å²) in [5.41, 5.74) is 0.846. The van der Waals surface area contributed by atoms with Crippen LogP contribution in [-0.2, 0) is 27.9 Å². The number of benzene rings is 1. The summed E-state index contributed by atoms with van der Waals surface area (Å²) < 4.78 is 27.0. The molecule has 0 saturated carbocycles. The number of thiophene rings is 2. The molecule has 32 heavy (non-hydrogen) atoms. The maximum absolute atomic E-state index is 13.4. The van der Waals surface area contributed by atoms with Crippen LogP contribution in [0.2, 0.25) is 0 Å². The fraction of sp³-hybridized carbons (Fsp3) is 0.292. The van der Waals surface area contributed by atoms with Gasteiger partial charge in [0, 0.05) is 34.2 Å². The number of sulfonamides is 1. The second kappa shape index (κ2) is 10.6. The fourth-order valence-electron chi connectivity index (χ4n) is 3.82. The van der Waals surface area contributed by atoms with Gasteiger partial charge in [0.05, 0.1) is 13.1 Å². The average Bonchev–Trinajstić information content (AvgIpc) is 3.52. The topological polar surface area (TPSA) is 57.7 Å². The van der Waals surface area contributed by atoms with Gasteiger partial charge in [0.1, 0.15) is 0 Å². The van der Waals surface area contributed by atoms with Crippen molar-refractivity contribution in [2.75, 3.05) is 13.1 Å². The summed E-state index contributed by atoms with van der Waals surface area (Å²) in [5.74, 6) is -0.0387. The van der Waals surface area contributed by atoms with E-state index < -0.39 is 10.0 Å². The van der Waals surface area contributed by atoms with Crippen LogP contribution in [0.3, 0.4) is 0 Å². The monoisotopic (exact) mass is 486 g/mol. The van der Waals surface area contributed by atoms with E-state index in [4.69, 9.17) is 0 Å². The van der Waals surface area contributed by atoms with Crippen molar-refractivity contribution in [3.63, 3.8) is 0 Å². The van der Waals surface area contributed by atoms with Gasteiger partial charge in [-0.15, -0.1) is 22.7 Å². The molecule has 5 nitrogen and oxygen atoms in total. The van der Waals surface area contributed by atoms with Crippen molar-refractivity contribution >= 4 is 44.7 Å². The Morgan fingerprint density at radius 3 is 2.06 bits per heavy atom. The van der Waals surface area contributed by atoms with Crippen molar-refractivity contribution in [3.8, 4) is 0 Å². The van der Waals surface area contributed by atoms with Crippen LogP contribution in [0.15, 0.2) is 70.8 Å². The molecule has 1 amide bonds. The van der Waals surface area contributed by atoms with Gasteiger partial charge in [0.15, 0.2) is 0 Å². The van der Waals surface area contributed by atoms with E-state index in [1.165, 1.54) is 9.71 Å². The van der Waals surface area contributed by atoms with Crippen molar-refractivity contribution in [2.24, 2.45) is 5.92 Å². The van der Waals surface area contributed by atoms with Gasteiger partial charge in [0.2, 0.25) is 15.9 Å². The third-order valence-electron chi connectivity index (χ3n) is 5.56. The minimum atomic E-state index is -3.50.